The third-order valence-electron chi connectivity index (χ3n) is 4.46. The molecule has 0 N–H and O–H groups in total. The van der Waals surface area contributed by atoms with Crippen molar-refractivity contribution in [3.63, 3.8) is 0 Å². The van der Waals surface area contributed by atoms with E-state index in [1.807, 2.05) is 42.5 Å². The van der Waals surface area contributed by atoms with Gasteiger partial charge in [-0.3, -0.25) is 9.59 Å². The standard InChI is InChI=1S/C13H10BrNO2S.C10H7BrO2S/c1-17-11-7-12-8(5-9(11)14)6-13(18-12)10(16)3-2-4-15;1-13-9-4-10-6(3-8(9)11)2-7(5-12)14-10/h5-7H,2-3H2,1H3;2-5H,1H3. The van der Waals surface area contributed by atoms with Crippen LogP contribution in [0.25, 0.3) is 20.2 Å². The van der Waals surface area contributed by atoms with Gasteiger partial charge in [-0.25, -0.2) is 0 Å². The fraction of sp³-hybridized carbons (Fsp3) is 0.174. The molecule has 5 nitrogen and oxygen atoms in total. The van der Waals surface area contributed by atoms with E-state index in [4.69, 9.17) is 14.7 Å². The molecule has 9 heteroatoms. The van der Waals surface area contributed by atoms with Crippen LogP contribution in [0.15, 0.2) is 45.3 Å². The monoisotopic (exact) mass is 593 g/mol. The van der Waals surface area contributed by atoms with Gasteiger partial charge in [-0.05, 0) is 79.0 Å². The average Bonchev–Trinajstić information content (AvgIpc) is 3.39. The van der Waals surface area contributed by atoms with E-state index >= 15 is 0 Å². The second-order valence-electron chi connectivity index (χ2n) is 6.51. The zero-order valence-corrected chi connectivity index (χ0v) is 21.9. The lowest BCUT2D eigenvalue weighted by molar-refractivity contribution is 0.0987. The molecule has 0 unspecified atom stereocenters. The number of hydrogen-bond acceptors (Lipinski definition) is 7. The summed E-state index contributed by atoms with van der Waals surface area (Å²) in [6, 6.07) is 13.5. The molecule has 0 aliphatic heterocycles. The molecule has 32 heavy (non-hydrogen) atoms. The lowest BCUT2D eigenvalue weighted by Crippen LogP contribution is -1.93. The van der Waals surface area contributed by atoms with Crippen molar-refractivity contribution in [2.45, 2.75) is 12.8 Å². The van der Waals surface area contributed by atoms with Gasteiger partial charge in [0.05, 0.1) is 39.0 Å². The number of hydrogen-bond donors (Lipinski definition) is 0. The van der Waals surface area contributed by atoms with Crippen molar-refractivity contribution in [1.29, 1.82) is 5.26 Å². The number of fused-ring (bicyclic) bond motifs is 2. The zero-order valence-electron chi connectivity index (χ0n) is 17.1. The van der Waals surface area contributed by atoms with E-state index in [1.54, 1.807) is 14.2 Å². The van der Waals surface area contributed by atoms with Crippen LogP contribution in [0.2, 0.25) is 0 Å². The Balaban J connectivity index is 0.000000186. The topological polar surface area (TPSA) is 76.4 Å². The van der Waals surface area contributed by atoms with Crippen molar-refractivity contribution >= 4 is 86.8 Å². The maximum absolute atomic E-state index is 11.8. The Morgan fingerprint density at radius 2 is 1.53 bits per heavy atom. The minimum absolute atomic E-state index is 0.0211. The van der Waals surface area contributed by atoms with Gasteiger partial charge in [0.1, 0.15) is 11.5 Å². The van der Waals surface area contributed by atoms with Gasteiger partial charge >= 0.3 is 0 Å². The van der Waals surface area contributed by atoms with Gasteiger partial charge in [0.2, 0.25) is 0 Å². The predicted octanol–water partition coefficient (Wildman–Crippen LogP) is 7.64. The fourth-order valence-electron chi connectivity index (χ4n) is 2.90. The van der Waals surface area contributed by atoms with Gasteiger partial charge in [-0.1, -0.05) is 0 Å². The Morgan fingerprint density at radius 3 is 2.06 bits per heavy atom. The zero-order chi connectivity index (χ0) is 23.3. The quantitative estimate of drug-likeness (QED) is 0.169. The maximum atomic E-state index is 11.8. The number of aldehydes is 1. The molecule has 2 aromatic heterocycles. The van der Waals surface area contributed by atoms with E-state index < -0.39 is 0 Å². The molecule has 164 valence electrons. The van der Waals surface area contributed by atoms with Gasteiger partial charge < -0.3 is 9.47 Å². The van der Waals surface area contributed by atoms with Crippen LogP contribution in [0.5, 0.6) is 11.5 Å². The number of ketones is 1. The first-order valence-corrected chi connectivity index (χ1v) is 12.5. The number of Topliss-reactive ketones (excluding diaryl/α,β-unsaturated/α-hetero) is 1. The number of ether oxygens (including phenoxy) is 2. The van der Waals surface area contributed by atoms with E-state index in [9.17, 15) is 9.59 Å². The molecule has 4 rings (SSSR count). The summed E-state index contributed by atoms with van der Waals surface area (Å²) in [5.74, 6) is 1.56. The first-order chi connectivity index (χ1) is 15.4. The molecule has 2 aromatic carbocycles. The van der Waals surface area contributed by atoms with Crippen LogP contribution in [0.3, 0.4) is 0 Å². The van der Waals surface area contributed by atoms with Crippen LogP contribution in [0.1, 0.15) is 32.2 Å². The van der Waals surface area contributed by atoms with E-state index in [2.05, 4.69) is 31.9 Å². The highest BCUT2D eigenvalue weighted by molar-refractivity contribution is 9.11. The Morgan fingerprint density at radius 1 is 0.969 bits per heavy atom. The molecule has 0 amide bonds. The molecule has 0 atom stereocenters. The third-order valence-corrected chi connectivity index (χ3v) is 7.86. The molecule has 0 radical (unpaired) electrons. The van der Waals surface area contributed by atoms with Crippen molar-refractivity contribution in [2.24, 2.45) is 0 Å². The maximum Gasteiger partial charge on any atom is 0.173 e. The minimum Gasteiger partial charge on any atom is -0.496 e. The Bertz CT molecular complexity index is 1340. The number of carbonyl (C=O) groups is 2. The molecular formula is C23H17Br2NO4S2. The second-order valence-corrected chi connectivity index (χ2v) is 10.4. The number of thiophene rings is 2. The van der Waals surface area contributed by atoms with Crippen LogP contribution >= 0.6 is 54.5 Å². The number of rotatable bonds is 6. The van der Waals surface area contributed by atoms with E-state index in [0.29, 0.717) is 4.88 Å². The molecular weight excluding hydrogens is 578 g/mol. The number of methoxy groups -OCH3 is 2. The van der Waals surface area contributed by atoms with Gasteiger partial charge in [-0.2, -0.15) is 5.26 Å². The number of nitriles is 1. The Hall–Kier alpha value is -2.25. The number of halogens is 2. The van der Waals surface area contributed by atoms with Crippen molar-refractivity contribution in [3.05, 3.63) is 55.1 Å². The molecule has 0 aliphatic rings. The first kappa shape index (κ1) is 24.4. The van der Waals surface area contributed by atoms with Crippen LogP contribution in [-0.4, -0.2) is 26.3 Å². The highest BCUT2D eigenvalue weighted by Crippen LogP contribution is 2.36. The summed E-state index contributed by atoms with van der Waals surface area (Å²) in [6.07, 6.45) is 1.41. The van der Waals surface area contributed by atoms with Crippen molar-refractivity contribution < 1.29 is 19.1 Å². The summed E-state index contributed by atoms with van der Waals surface area (Å²) >= 11 is 9.72. The summed E-state index contributed by atoms with van der Waals surface area (Å²) in [7, 11) is 3.23. The highest BCUT2D eigenvalue weighted by atomic mass is 79.9. The lowest BCUT2D eigenvalue weighted by atomic mass is 10.2. The van der Waals surface area contributed by atoms with Crippen LogP contribution < -0.4 is 9.47 Å². The number of benzene rings is 2. The van der Waals surface area contributed by atoms with E-state index in [1.165, 1.54) is 22.7 Å². The summed E-state index contributed by atoms with van der Waals surface area (Å²) in [5.41, 5.74) is 0. The lowest BCUT2D eigenvalue weighted by Gasteiger charge is -2.01. The van der Waals surface area contributed by atoms with Gasteiger partial charge in [0.15, 0.2) is 12.1 Å². The molecule has 4 aromatic rings. The fourth-order valence-corrected chi connectivity index (χ4v) is 5.88. The normalized spacial score (nSPS) is 10.3. The van der Waals surface area contributed by atoms with Crippen molar-refractivity contribution in [1.82, 2.24) is 0 Å². The molecule has 0 saturated heterocycles. The predicted molar refractivity (Wildman–Crippen MR) is 137 cm³/mol. The van der Waals surface area contributed by atoms with Crippen LogP contribution in [0, 0.1) is 11.3 Å². The van der Waals surface area contributed by atoms with Crippen LogP contribution in [-0.2, 0) is 0 Å². The van der Waals surface area contributed by atoms with Gasteiger partial charge in [0, 0.05) is 22.2 Å². The molecule has 0 aliphatic carbocycles. The largest absolute Gasteiger partial charge is 0.496 e. The van der Waals surface area contributed by atoms with Gasteiger partial charge in [-0.15, -0.1) is 22.7 Å². The molecule has 0 fully saturated rings. The summed E-state index contributed by atoms with van der Waals surface area (Å²) in [4.78, 5) is 23.8. The highest BCUT2D eigenvalue weighted by Gasteiger charge is 2.12. The minimum atomic E-state index is 0.0211. The molecule has 0 saturated carbocycles. The molecule has 2 heterocycles. The van der Waals surface area contributed by atoms with Gasteiger partial charge in [0.25, 0.3) is 0 Å². The van der Waals surface area contributed by atoms with Crippen molar-refractivity contribution in [2.75, 3.05) is 14.2 Å². The number of nitrogens with zero attached hydrogens (tertiary/aromatic N) is 1. The van der Waals surface area contributed by atoms with Crippen molar-refractivity contribution in [3.8, 4) is 17.6 Å². The first-order valence-electron chi connectivity index (χ1n) is 9.29. The Kier molecular flexibility index (Phi) is 8.43. The molecule has 0 spiro atoms. The summed E-state index contributed by atoms with van der Waals surface area (Å²) in [6.45, 7) is 0. The average molecular weight is 595 g/mol. The summed E-state index contributed by atoms with van der Waals surface area (Å²) < 4.78 is 14.2. The second kappa shape index (κ2) is 11.1. The van der Waals surface area contributed by atoms with E-state index in [-0.39, 0.29) is 18.6 Å². The third kappa shape index (κ3) is 5.56. The number of carbonyl (C=O) groups excluding carboxylic acids is 2. The van der Waals surface area contributed by atoms with E-state index in [0.717, 1.165) is 51.8 Å². The smallest absolute Gasteiger partial charge is 0.173 e. The Labute approximate surface area is 209 Å². The van der Waals surface area contributed by atoms with Crippen LogP contribution in [0.4, 0.5) is 0 Å². The molecule has 0 bridgehead atoms. The SMILES string of the molecule is COc1cc2sc(C(=O)CCC#N)cc2cc1Br.COc1cc2sc(C=O)cc2cc1Br. The summed E-state index contributed by atoms with van der Waals surface area (Å²) in [5, 5.41) is 10.6.